The van der Waals surface area contributed by atoms with Gasteiger partial charge in [-0.15, -0.1) is 0 Å². The zero-order valence-corrected chi connectivity index (χ0v) is 15.0. The van der Waals surface area contributed by atoms with Gasteiger partial charge in [-0.05, 0) is 19.1 Å². The molecule has 0 unspecified atom stereocenters. The van der Waals surface area contributed by atoms with Crippen LogP contribution in [0.5, 0.6) is 0 Å². The van der Waals surface area contributed by atoms with Crippen LogP contribution in [0.2, 0.25) is 0 Å². The molecule has 0 bridgehead atoms. The second-order valence-corrected chi connectivity index (χ2v) is 5.66. The Balaban J connectivity index is 1.91. The van der Waals surface area contributed by atoms with Crippen LogP contribution in [0.1, 0.15) is 26.7 Å². The molecule has 3 N–H and O–H groups in total. The van der Waals surface area contributed by atoms with Crippen molar-refractivity contribution < 1.29 is 9.59 Å². The van der Waals surface area contributed by atoms with Crippen LogP contribution in [-0.4, -0.2) is 43.6 Å². The average molecular weight is 366 g/mol. The molecule has 0 aliphatic heterocycles. The molecule has 0 fully saturated rings. The molecule has 2 amide bonds. The maximum atomic E-state index is 12.8. The number of rotatable bonds is 5. The van der Waals surface area contributed by atoms with Crippen LogP contribution < -0.4 is 16.0 Å². The first-order chi connectivity index (χ1) is 13.0. The van der Waals surface area contributed by atoms with Gasteiger partial charge in [-0.3, -0.25) is 14.3 Å². The fourth-order valence-corrected chi connectivity index (χ4v) is 2.45. The van der Waals surface area contributed by atoms with Crippen LogP contribution in [0.15, 0.2) is 37.1 Å². The van der Waals surface area contributed by atoms with Crippen molar-refractivity contribution in [3.05, 3.63) is 54.1 Å². The average Bonchev–Trinajstić information content (AvgIpc) is 3.03. The molecule has 27 heavy (non-hydrogen) atoms. The molecule has 3 aromatic heterocycles. The zero-order valence-electron chi connectivity index (χ0n) is 15.0. The molecule has 0 spiro atoms. The van der Waals surface area contributed by atoms with Crippen molar-refractivity contribution in [2.75, 3.05) is 17.7 Å². The van der Waals surface area contributed by atoms with Crippen LogP contribution in [0, 0.1) is 6.92 Å². The fourth-order valence-electron chi connectivity index (χ4n) is 2.45. The molecule has 0 atom stereocenters. The summed E-state index contributed by atoms with van der Waals surface area (Å²) in [7, 11) is 3.13. The monoisotopic (exact) mass is 366 g/mol. The summed E-state index contributed by atoms with van der Waals surface area (Å²) in [6.07, 6.45) is 5.99. The Morgan fingerprint density at radius 3 is 2.48 bits per heavy atom. The summed E-state index contributed by atoms with van der Waals surface area (Å²) in [6, 6.07) is 3.52. The van der Waals surface area contributed by atoms with Crippen LogP contribution in [0.4, 0.5) is 17.1 Å². The largest absolute Gasteiger partial charge is 0.354 e. The third kappa shape index (κ3) is 3.89. The SMILES string of the molecule is CNC(=O)c1c(NC(=O)c2nc(C)ccc2Nc2cncnc2)cnn1C. The molecule has 0 radical (unpaired) electrons. The van der Waals surface area contributed by atoms with E-state index in [0.29, 0.717) is 22.8 Å². The lowest BCUT2D eigenvalue weighted by molar-refractivity contribution is 0.0954. The number of hydrogen-bond acceptors (Lipinski definition) is 7. The van der Waals surface area contributed by atoms with E-state index in [0.717, 1.165) is 0 Å². The van der Waals surface area contributed by atoms with E-state index in [1.165, 1.54) is 24.3 Å². The Bertz CT molecular complexity index is 984. The first-order valence-electron chi connectivity index (χ1n) is 8.04. The summed E-state index contributed by atoms with van der Waals surface area (Å²) in [5, 5.41) is 12.3. The normalized spacial score (nSPS) is 10.3. The van der Waals surface area contributed by atoms with Gasteiger partial charge in [0.2, 0.25) is 0 Å². The Morgan fingerprint density at radius 1 is 1.04 bits per heavy atom. The highest BCUT2D eigenvalue weighted by Crippen LogP contribution is 2.21. The van der Waals surface area contributed by atoms with E-state index < -0.39 is 5.91 Å². The van der Waals surface area contributed by atoms with Crippen molar-refractivity contribution in [1.29, 1.82) is 0 Å². The molecule has 10 heteroatoms. The number of nitrogens with zero attached hydrogens (tertiary/aromatic N) is 5. The molecule has 3 aromatic rings. The van der Waals surface area contributed by atoms with Crippen molar-refractivity contribution in [1.82, 2.24) is 30.0 Å². The van der Waals surface area contributed by atoms with Gasteiger partial charge in [0.15, 0.2) is 5.69 Å². The molecule has 0 aromatic carbocycles. The van der Waals surface area contributed by atoms with Crippen LogP contribution in [-0.2, 0) is 7.05 Å². The van der Waals surface area contributed by atoms with Gasteiger partial charge in [0, 0.05) is 19.8 Å². The summed E-state index contributed by atoms with van der Waals surface area (Å²) >= 11 is 0. The second kappa shape index (κ2) is 7.60. The number of carbonyl (C=O) groups excluding carboxylic acids is 2. The van der Waals surface area contributed by atoms with Gasteiger partial charge in [-0.1, -0.05) is 0 Å². The summed E-state index contributed by atoms with van der Waals surface area (Å²) < 4.78 is 1.39. The van der Waals surface area contributed by atoms with E-state index in [9.17, 15) is 9.59 Å². The number of carbonyl (C=O) groups is 2. The Hall–Kier alpha value is -3.82. The maximum Gasteiger partial charge on any atom is 0.276 e. The van der Waals surface area contributed by atoms with Crippen LogP contribution in [0.25, 0.3) is 0 Å². The van der Waals surface area contributed by atoms with Crippen molar-refractivity contribution in [3.8, 4) is 0 Å². The third-order valence-electron chi connectivity index (χ3n) is 3.72. The van der Waals surface area contributed by atoms with E-state index in [4.69, 9.17) is 0 Å². The molecular weight excluding hydrogens is 348 g/mol. The summed E-state index contributed by atoms with van der Waals surface area (Å²) in [4.78, 5) is 37.1. The van der Waals surface area contributed by atoms with Crippen molar-refractivity contribution in [3.63, 3.8) is 0 Å². The summed E-state index contributed by atoms with van der Waals surface area (Å²) in [5.41, 5.74) is 2.48. The predicted octanol–water partition coefficient (Wildman–Crippen LogP) is 1.27. The van der Waals surface area contributed by atoms with E-state index in [2.05, 4.69) is 36.0 Å². The predicted molar refractivity (Wildman–Crippen MR) is 98.8 cm³/mol. The van der Waals surface area contributed by atoms with Gasteiger partial charge in [0.25, 0.3) is 11.8 Å². The number of hydrogen-bond donors (Lipinski definition) is 3. The van der Waals surface area contributed by atoms with Gasteiger partial charge >= 0.3 is 0 Å². The van der Waals surface area contributed by atoms with Gasteiger partial charge < -0.3 is 16.0 Å². The third-order valence-corrected chi connectivity index (χ3v) is 3.72. The minimum atomic E-state index is -0.476. The second-order valence-electron chi connectivity index (χ2n) is 5.66. The van der Waals surface area contributed by atoms with Gasteiger partial charge in [-0.25, -0.2) is 15.0 Å². The van der Waals surface area contributed by atoms with Crippen LogP contribution in [0.3, 0.4) is 0 Å². The molecule has 10 nitrogen and oxygen atoms in total. The minimum Gasteiger partial charge on any atom is -0.354 e. The lowest BCUT2D eigenvalue weighted by Crippen LogP contribution is -2.24. The smallest absolute Gasteiger partial charge is 0.276 e. The highest BCUT2D eigenvalue weighted by molar-refractivity contribution is 6.10. The molecule has 3 rings (SSSR count). The maximum absolute atomic E-state index is 12.8. The number of pyridine rings is 1. The van der Waals surface area contributed by atoms with Gasteiger partial charge in [0.05, 0.1) is 35.7 Å². The highest BCUT2D eigenvalue weighted by atomic mass is 16.2. The molecule has 3 heterocycles. The number of nitrogens with one attached hydrogen (secondary N) is 3. The molecule has 138 valence electrons. The Kier molecular flexibility index (Phi) is 5.06. The quantitative estimate of drug-likeness (QED) is 0.620. The Labute approximate surface area is 155 Å². The fraction of sp³-hybridized carbons (Fsp3) is 0.176. The lowest BCUT2D eigenvalue weighted by Gasteiger charge is -2.12. The van der Waals surface area contributed by atoms with E-state index in [-0.39, 0.29) is 17.3 Å². The van der Waals surface area contributed by atoms with Gasteiger partial charge in [-0.2, -0.15) is 5.10 Å². The van der Waals surface area contributed by atoms with E-state index >= 15 is 0 Å². The topological polar surface area (TPSA) is 127 Å². The first-order valence-corrected chi connectivity index (χ1v) is 8.04. The zero-order chi connectivity index (χ0) is 19.4. The van der Waals surface area contributed by atoms with Crippen molar-refractivity contribution in [2.24, 2.45) is 7.05 Å². The standard InChI is InChI=1S/C17H18N8O2/c1-10-4-5-12(23-11-6-19-9-20-7-11)14(22-10)16(26)24-13-8-21-25(3)15(13)17(27)18-2/h4-9,23H,1-3H3,(H,18,27)(H,24,26). The first kappa shape index (κ1) is 18.0. The van der Waals surface area contributed by atoms with Crippen LogP contribution >= 0.6 is 0 Å². The molecule has 0 saturated heterocycles. The lowest BCUT2D eigenvalue weighted by atomic mass is 10.2. The van der Waals surface area contributed by atoms with Crippen molar-refractivity contribution in [2.45, 2.75) is 6.92 Å². The summed E-state index contributed by atoms with van der Waals surface area (Å²) in [6.45, 7) is 1.78. The van der Waals surface area contributed by atoms with Crippen molar-refractivity contribution >= 4 is 28.9 Å². The number of amides is 2. The molecule has 0 aliphatic rings. The number of anilines is 3. The molecule has 0 saturated carbocycles. The summed E-state index contributed by atoms with van der Waals surface area (Å²) in [5.74, 6) is -0.835. The number of aryl methyl sites for hydroxylation is 2. The molecule has 0 aliphatic carbocycles. The Morgan fingerprint density at radius 2 is 1.78 bits per heavy atom. The van der Waals surface area contributed by atoms with E-state index in [1.807, 2.05) is 0 Å². The number of aromatic nitrogens is 5. The van der Waals surface area contributed by atoms with Gasteiger partial charge in [0.1, 0.15) is 12.0 Å². The molecular formula is C17H18N8O2. The van der Waals surface area contributed by atoms with E-state index in [1.54, 1.807) is 38.5 Å². The highest BCUT2D eigenvalue weighted by Gasteiger charge is 2.20. The minimum absolute atomic E-state index is 0.172.